The molecule has 0 saturated carbocycles. The Morgan fingerprint density at radius 2 is 2.20 bits per heavy atom. The van der Waals surface area contributed by atoms with Gasteiger partial charge in [0.2, 0.25) is 5.95 Å². The molecule has 0 bridgehead atoms. The Labute approximate surface area is 90.4 Å². The van der Waals surface area contributed by atoms with Gasteiger partial charge in [-0.2, -0.15) is 5.26 Å². The van der Waals surface area contributed by atoms with Crippen LogP contribution in [0.4, 0.5) is 5.95 Å². The molecule has 0 fully saturated rings. The van der Waals surface area contributed by atoms with Crippen LogP contribution in [0.3, 0.4) is 0 Å². The van der Waals surface area contributed by atoms with E-state index < -0.39 is 0 Å². The number of hydrogen-bond acceptors (Lipinski definition) is 4. The highest BCUT2D eigenvalue weighted by Gasteiger charge is 2.06. The van der Waals surface area contributed by atoms with Gasteiger partial charge in [0.05, 0.1) is 0 Å². The monoisotopic (exact) mass is 204 g/mol. The average Bonchev–Trinajstić information content (AvgIpc) is 2.16. The van der Waals surface area contributed by atoms with Crippen LogP contribution in [0.5, 0.6) is 0 Å². The third-order valence-electron chi connectivity index (χ3n) is 1.97. The molecule has 15 heavy (non-hydrogen) atoms. The van der Waals surface area contributed by atoms with Crippen molar-refractivity contribution in [3.8, 4) is 6.07 Å². The lowest BCUT2D eigenvalue weighted by molar-refractivity contribution is 0.537. The first-order valence-corrected chi connectivity index (χ1v) is 5.11. The second-order valence-electron chi connectivity index (χ2n) is 4.05. The van der Waals surface area contributed by atoms with Crippen molar-refractivity contribution in [3.05, 3.63) is 18.0 Å². The number of anilines is 1. The summed E-state index contributed by atoms with van der Waals surface area (Å²) >= 11 is 0. The molecule has 0 aromatic carbocycles. The third-order valence-corrected chi connectivity index (χ3v) is 1.97. The first-order valence-electron chi connectivity index (χ1n) is 5.11. The minimum atomic E-state index is 0.318. The Morgan fingerprint density at radius 1 is 1.47 bits per heavy atom. The standard InChI is InChI=1S/C11H16N4/c1-8(2)6-9(3)14-11-13-5-4-10(7-12)15-11/h4-5,8-9H,6H2,1-3H3,(H,13,14,15). The minimum absolute atomic E-state index is 0.318. The first-order chi connectivity index (χ1) is 7.11. The molecule has 1 atom stereocenters. The third kappa shape index (κ3) is 3.94. The molecule has 1 heterocycles. The van der Waals surface area contributed by atoms with Gasteiger partial charge >= 0.3 is 0 Å². The fourth-order valence-corrected chi connectivity index (χ4v) is 1.48. The van der Waals surface area contributed by atoms with Crippen LogP contribution in [0.25, 0.3) is 0 Å². The Kier molecular flexibility index (Phi) is 4.04. The SMILES string of the molecule is CC(C)CC(C)Nc1nccc(C#N)n1. The number of aromatic nitrogens is 2. The number of nitriles is 1. The Hall–Kier alpha value is -1.63. The summed E-state index contributed by atoms with van der Waals surface area (Å²) in [6, 6.07) is 3.90. The molecule has 1 rings (SSSR count). The minimum Gasteiger partial charge on any atom is -0.352 e. The molecule has 1 aromatic rings. The molecular formula is C11H16N4. The summed E-state index contributed by atoms with van der Waals surface area (Å²) in [7, 11) is 0. The summed E-state index contributed by atoms with van der Waals surface area (Å²) in [5.41, 5.74) is 0.393. The zero-order chi connectivity index (χ0) is 11.3. The van der Waals surface area contributed by atoms with Crippen LogP contribution in [-0.4, -0.2) is 16.0 Å². The molecule has 80 valence electrons. The predicted octanol–water partition coefficient (Wildman–Crippen LogP) is 2.19. The lowest BCUT2D eigenvalue weighted by atomic mass is 10.1. The molecule has 1 unspecified atom stereocenters. The molecule has 1 aromatic heterocycles. The summed E-state index contributed by atoms with van der Waals surface area (Å²) in [5.74, 6) is 1.16. The van der Waals surface area contributed by atoms with Gasteiger partial charge in [-0.15, -0.1) is 0 Å². The Morgan fingerprint density at radius 3 is 2.80 bits per heavy atom. The highest BCUT2D eigenvalue weighted by atomic mass is 15.1. The van der Waals surface area contributed by atoms with E-state index in [2.05, 4.69) is 36.1 Å². The van der Waals surface area contributed by atoms with Crippen LogP contribution < -0.4 is 5.32 Å². The highest BCUT2D eigenvalue weighted by molar-refractivity contribution is 5.30. The molecule has 1 N–H and O–H groups in total. The molecular weight excluding hydrogens is 188 g/mol. The van der Waals surface area contributed by atoms with Crippen molar-refractivity contribution >= 4 is 5.95 Å². The summed E-state index contributed by atoms with van der Waals surface area (Å²) in [6.07, 6.45) is 2.65. The molecule has 0 aliphatic rings. The average molecular weight is 204 g/mol. The van der Waals surface area contributed by atoms with Gasteiger partial charge in [-0.3, -0.25) is 0 Å². The van der Waals surface area contributed by atoms with Gasteiger partial charge in [0, 0.05) is 12.2 Å². The molecule has 4 heteroatoms. The van der Waals surface area contributed by atoms with Gasteiger partial charge in [-0.1, -0.05) is 13.8 Å². The van der Waals surface area contributed by atoms with Crippen LogP contribution in [0, 0.1) is 17.2 Å². The van der Waals surface area contributed by atoms with E-state index in [0.29, 0.717) is 23.6 Å². The lowest BCUT2D eigenvalue weighted by Gasteiger charge is -2.15. The van der Waals surface area contributed by atoms with Crippen LogP contribution >= 0.6 is 0 Å². The van der Waals surface area contributed by atoms with Crippen molar-refractivity contribution in [2.24, 2.45) is 5.92 Å². The van der Waals surface area contributed by atoms with Gasteiger partial charge in [0.1, 0.15) is 11.8 Å². The summed E-state index contributed by atoms with van der Waals surface area (Å²) in [5, 5.41) is 11.8. The second-order valence-corrected chi connectivity index (χ2v) is 4.05. The predicted molar refractivity (Wildman–Crippen MR) is 59.3 cm³/mol. The summed E-state index contributed by atoms with van der Waals surface area (Å²) < 4.78 is 0. The van der Waals surface area contributed by atoms with Crippen molar-refractivity contribution in [1.82, 2.24) is 9.97 Å². The second kappa shape index (κ2) is 5.30. The Balaban J connectivity index is 2.60. The maximum absolute atomic E-state index is 8.67. The number of rotatable bonds is 4. The number of nitrogens with one attached hydrogen (secondary N) is 1. The molecule has 0 saturated heterocycles. The van der Waals surface area contributed by atoms with Crippen LogP contribution in [-0.2, 0) is 0 Å². The van der Waals surface area contributed by atoms with E-state index in [4.69, 9.17) is 5.26 Å². The van der Waals surface area contributed by atoms with E-state index in [-0.39, 0.29) is 0 Å². The zero-order valence-corrected chi connectivity index (χ0v) is 9.36. The van der Waals surface area contributed by atoms with Crippen molar-refractivity contribution < 1.29 is 0 Å². The van der Waals surface area contributed by atoms with E-state index in [0.717, 1.165) is 6.42 Å². The van der Waals surface area contributed by atoms with Crippen molar-refractivity contribution in [3.63, 3.8) is 0 Å². The molecule has 0 radical (unpaired) electrons. The van der Waals surface area contributed by atoms with Crippen LogP contribution in [0.15, 0.2) is 12.3 Å². The van der Waals surface area contributed by atoms with Gasteiger partial charge < -0.3 is 5.32 Å². The van der Waals surface area contributed by atoms with Gasteiger partial charge in [-0.05, 0) is 25.3 Å². The molecule has 0 spiro atoms. The quantitative estimate of drug-likeness (QED) is 0.816. The van der Waals surface area contributed by atoms with E-state index in [1.54, 1.807) is 12.3 Å². The maximum Gasteiger partial charge on any atom is 0.224 e. The number of nitrogens with zero attached hydrogens (tertiary/aromatic N) is 3. The fourth-order valence-electron chi connectivity index (χ4n) is 1.48. The first kappa shape index (κ1) is 11.4. The van der Waals surface area contributed by atoms with E-state index in [1.165, 1.54) is 0 Å². The molecule has 0 aliphatic carbocycles. The Bertz CT molecular complexity index is 354. The van der Waals surface area contributed by atoms with Crippen LogP contribution in [0.1, 0.15) is 32.9 Å². The normalized spacial score (nSPS) is 12.2. The van der Waals surface area contributed by atoms with Crippen molar-refractivity contribution in [2.45, 2.75) is 33.2 Å². The van der Waals surface area contributed by atoms with Crippen molar-refractivity contribution in [1.29, 1.82) is 5.26 Å². The largest absolute Gasteiger partial charge is 0.352 e. The van der Waals surface area contributed by atoms with Gasteiger partial charge in [-0.25, -0.2) is 9.97 Å². The zero-order valence-electron chi connectivity index (χ0n) is 9.36. The topological polar surface area (TPSA) is 61.6 Å². The van der Waals surface area contributed by atoms with Crippen molar-refractivity contribution in [2.75, 3.05) is 5.32 Å². The number of hydrogen-bond donors (Lipinski definition) is 1. The molecule has 0 amide bonds. The van der Waals surface area contributed by atoms with Gasteiger partial charge in [0.15, 0.2) is 0 Å². The van der Waals surface area contributed by atoms with E-state index in [1.807, 2.05) is 6.07 Å². The fraction of sp³-hybridized carbons (Fsp3) is 0.545. The summed E-state index contributed by atoms with van der Waals surface area (Å²) in [4.78, 5) is 8.12. The molecule has 0 aliphatic heterocycles. The highest BCUT2D eigenvalue weighted by Crippen LogP contribution is 2.08. The lowest BCUT2D eigenvalue weighted by Crippen LogP contribution is -2.19. The summed E-state index contributed by atoms with van der Waals surface area (Å²) in [6.45, 7) is 6.43. The van der Waals surface area contributed by atoms with Gasteiger partial charge in [0.25, 0.3) is 0 Å². The maximum atomic E-state index is 8.67. The van der Waals surface area contributed by atoms with E-state index in [9.17, 15) is 0 Å². The van der Waals surface area contributed by atoms with Crippen LogP contribution in [0.2, 0.25) is 0 Å². The van der Waals surface area contributed by atoms with E-state index >= 15 is 0 Å². The molecule has 4 nitrogen and oxygen atoms in total. The smallest absolute Gasteiger partial charge is 0.224 e.